The Morgan fingerprint density at radius 2 is 1.67 bits per heavy atom. The second kappa shape index (κ2) is 9.18. The third kappa shape index (κ3) is 5.46. The van der Waals surface area contributed by atoms with Crippen molar-refractivity contribution in [3.63, 3.8) is 0 Å². The van der Waals surface area contributed by atoms with Gasteiger partial charge in [-0.15, -0.1) is 0 Å². The van der Waals surface area contributed by atoms with Crippen LogP contribution in [0.3, 0.4) is 0 Å². The topological polar surface area (TPSA) is 37.4 Å². The van der Waals surface area contributed by atoms with Crippen LogP contribution in [0.25, 0.3) is 6.08 Å². The lowest BCUT2D eigenvalue weighted by molar-refractivity contribution is -0.129. The van der Waals surface area contributed by atoms with Crippen molar-refractivity contribution in [3.05, 3.63) is 77.9 Å². The lowest BCUT2D eigenvalue weighted by Gasteiger charge is -2.21. The van der Waals surface area contributed by atoms with Crippen LogP contribution in [-0.2, 0) is 22.1 Å². The molecule has 1 amide bonds. The van der Waals surface area contributed by atoms with Crippen LogP contribution >= 0.6 is 0 Å². The third-order valence-corrected chi connectivity index (χ3v) is 5.26. The fourth-order valence-electron chi connectivity index (χ4n) is 2.35. The molecule has 2 aromatic carbocycles. The predicted molar refractivity (Wildman–Crippen MR) is 101 cm³/mol. The number of carbonyl (C=O) groups excluding carboxylic acids is 1. The summed E-state index contributed by atoms with van der Waals surface area (Å²) in [5.74, 6) is 0.284. The summed E-state index contributed by atoms with van der Waals surface area (Å²) in [6.07, 6.45) is 3.80. The van der Waals surface area contributed by atoms with Gasteiger partial charge in [-0.25, -0.2) is 0 Å². The minimum Gasteiger partial charge on any atom is -0.340 e. The van der Waals surface area contributed by atoms with E-state index in [0.717, 1.165) is 11.1 Å². The number of hydrogen-bond acceptors (Lipinski definition) is 2. The van der Waals surface area contributed by atoms with Crippen molar-refractivity contribution < 1.29 is 9.00 Å². The first-order valence-corrected chi connectivity index (χ1v) is 9.34. The van der Waals surface area contributed by atoms with Crippen molar-refractivity contribution in [1.29, 1.82) is 0 Å². The number of carbonyl (C=O) groups is 1. The van der Waals surface area contributed by atoms with Crippen molar-refractivity contribution >= 4 is 22.8 Å². The molecule has 0 saturated carbocycles. The zero-order valence-corrected chi connectivity index (χ0v) is 14.9. The van der Waals surface area contributed by atoms with Gasteiger partial charge < -0.3 is 4.90 Å². The van der Waals surface area contributed by atoms with Gasteiger partial charge in [0.2, 0.25) is 5.91 Å². The summed E-state index contributed by atoms with van der Waals surface area (Å²) in [6, 6.07) is 19.7. The Morgan fingerprint density at radius 1 is 1.08 bits per heavy atom. The molecule has 126 valence electrons. The predicted octanol–water partition coefficient (Wildman–Crippen LogP) is 3.50. The summed E-state index contributed by atoms with van der Waals surface area (Å²) in [7, 11) is 0.528. The first-order valence-electron chi connectivity index (χ1n) is 7.95. The molecule has 0 aromatic heterocycles. The highest BCUT2D eigenvalue weighted by Crippen LogP contribution is 2.08. The molecule has 0 bridgehead atoms. The molecule has 4 heteroatoms. The third-order valence-electron chi connectivity index (χ3n) is 3.75. The van der Waals surface area contributed by atoms with E-state index in [1.165, 1.54) is 0 Å². The van der Waals surface area contributed by atoms with E-state index in [4.69, 9.17) is 0 Å². The smallest absolute Gasteiger partial charge is 0.238 e. The van der Waals surface area contributed by atoms with Crippen molar-refractivity contribution in [1.82, 2.24) is 4.90 Å². The van der Waals surface area contributed by atoms with E-state index in [1.807, 2.05) is 72.8 Å². The number of amides is 1. The second-order valence-corrected chi connectivity index (χ2v) is 7.48. The maximum atomic E-state index is 12.4. The second-order valence-electron chi connectivity index (χ2n) is 5.68. The first kappa shape index (κ1) is 18.1. The molecule has 2 rings (SSSR count). The fourth-order valence-corrected chi connectivity index (χ4v) is 3.32. The highest BCUT2D eigenvalue weighted by Gasteiger charge is 2.22. The van der Waals surface area contributed by atoms with Gasteiger partial charge >= 0.3 is 0 Å². The Bertz CT molecular complexity index is 698. The zero-order valence-electron chi connectivity index (χ0n) is 14.1. The molecule has 0 N–H and O–H groups in total. The molecule has 24 heavy (non-hydrogen) atoms. The van der Waals surface area contributed by atoms with E-state index in [0.29, 0.717) is 12.3 Å². The van der Waals surface area contributed by atoms with Gasteiger partial charge in [0, 0.05) is 30.1 Å². The first-order chi connectivity index (χ1) is 11.6. The average Bonchev–Trinajstić information content (AvgIpc) is 2.62. The molecule has 0 heterocycles. The van der Waals surface area contributed by atoms with Crippen molar-refractivity contribution in [2.75, 3.05) is 12.8 Å². The van der Waals surface area contributed by atoms with Gasteiger partial charge in [-0.3, -0.25) is 9.00 Å². The van der Waals surface area contributed by atoms with Crippen LogP contribution in [0.2, 0.25) is 0 Å². The Morgan fingerprint density at radius 3 is 2.29 bits per heavy atom. The summed E-state index contributed by atoms with van der Waals surface area (Å²) < 4.78 is 12.3. The maximum Gasteiger partial charge on any atom is 0.238 e. The van der Waals surface area contributed by atoms with Gasteiger partial charge in [-0.05, 0) is 18.1 Å². The highest BCUT2D eigenvalue weighted by molar-refractivity contribution is 7.86. The quantitative estimate of drug-likeness (QED) is 0.773. The van der Waals surface area contributed by atoms with Crippen LogP contribution in [-0.4, -0.2) is 33.1 Å². The lowest BCUT2D eigenvalue weighted by atomic mass is 10.2. The molecule has 0 aliphatic rings. The lowest BCUT2D eigenvalue weighted by Crippen LogP contribution is -2.37. The SMILES string of the molecule is CC(C(=O)N(C)Cc1ccccc1)S(=O)CC=Cc1ccccc1. The zero-order chi connectivity index (χ0) is 17.4. The van der Waals surface area contributed by atoms with Gasteiger partial charge in [-0.1, -0.05) is 72.8 Å². The average molecular weight is 341 g/mol. The summed E-state index contributed by atoms with van der Waals surface area (Å²) in [6.45, 7) is 2.26. The molecule has 3 nitrogen and oxygen atoms in total. The number of nitrogens with zero attached hydrogens (tertiary/aromatic N) is 1. The molecular formula is C20H23NO2S. The fraction of sp³-hybridized carbons (Fsp3) is 0.250. The van der Waals surface area contributed by atoms with E-state index in [1.54, 1.807) is 18.9 Å². The molecule has 0 saturated heterocycles. The van der Waals surface area contributed by atoms with Crippen LogP contribution in [0.5, 0.6) is 0 Å². The monoisotopic (exact) mass is 341 g/mol. The van der Waals surface area contributed by atoms with Crippen LogP contribution in [0.1, 0.15) is 18.1 Å². The summed E-state index contributed by atoms with van der Waals surface area (Å²) in [5.41, 5.74) is 2.13. The molecular weight excluding hydrogens is 318 g/mol. The Kier molecular flexibility index (Phi) is 6.94. The summed E-state index contributed by atoms with van der Waals surface area (Å²) >= 11 is 0. The molecule has 0 radical (unpaired) electrons. The van der Waals surface area contributed by atoms with Gasteiger partial charge in [0.15, 0.2) is 0 Å². The minimum absolute atomic E-state index is 0.0923. The molecule has 0 spiro atoms. The summed E-state index contributed by atoms with van der Waals surface area (Å²) in [5, 5.41) is -0.515. The van der Waals surface area contributed by atoms with E-state index >= 15 is 0 Å². The molecule has 2 atom stereocenters. The van der Waals surface area contributed by atoms with Gasteiger partial charge in [0.05, 0.1) is 0 Å². The van der Waals surface area contributed by atoms with Gasteiger partial charge in [-0.2, -0.15) is 0 Å². The highest BCUT2D eigenvalue weighted by atomic mass is 32.2. The van der Waals surface area contributed by atoms with Crippen LogP contribution in [0.4, 0.5) is 0 Å². The molecule has 0 fully saturated rings. The Hall–Kier alpha value is -2.20. The normalized spacial score (nSPS) is 13.6. The van der Waals surface area contributed by atoms with Crippen LogP contribution in [0, 0.1) is 0 Å². The van der Waals surface area contributed by atoms with Crippen molar-refractivity contribution in [2.45, 2.75) is 18.7 Å². The Balaban J connectivity index is 1.87. The standard InChI is InChI=1S/C20H23NO2S/c1-17(20(22)21(2)16-19-12-7-4-8-13-19)24(23)15-9-14-18-10-5-3-6-11-18/h3-14,17H,15-16H2,1-2H3. The van der Waals surface area contributed by atoms with Crippen molar-refractivity contribution in [2.24, 2.45) is 0 Å². The number of benzene rings is 2. The molecule has 2 aromatic rings. The molecule has 0 aliphatic heterocycles. The van der Waals surface area contributed by atoms with Crippen LogP contribution < -0.4 is 0 Å². The van der Waals surface area contributed by atoms with E-state index in [-0.39, 0.29) is 5.91 Å². The molecule has 2 unspecified atom stereocenters. The summed E-state index contributed by atoms with van der Waals surface area (Å²) in [4.78, 5) is 14.1. The van der Waals surface area contributed by atoms with Gasteiger partial charge in [0.25, 0.3) is 0 Å². The van der Waals surface area contributed by atoms with Crippen molar-refractivity contribution in [3.8, 4) is 0 Å². The van der Waals surface area contributed by atoms with E-state index < -0.39 is 16.0 Å². The Labute approximate surface area is 146 Å². The molecule has 0 aliphatic carbocycles. The van der Waals surface area contributed by atoms with Gasteiger partial charge in [0.1, 0.15) is 5.25 Å². The minimum atomic E-state index is -1.23. The number of hydrogen-bond donors (Lipinski definition) is 0. The van der Waals surface area contributed by atoms with E-state index in [9.17, 15) is 9.00 Å². The van der Waals surface area contributed by atoms with E-state index in [2.05, 4.69) is 0 Å². The maximum absolute atomic E-state index is 12.4. The number of rotatable bonds is 7. The largest absolute Gasteiger partial charge is 0.340 e. The van der Waals surface area contributed by atoms with Crippen LogP contribution in [0.15, 0.2) is 66.7 Å².